The van der Waals surface area contributed by atoms with Crippen LogP contribution in [0.1, 0.15) is 20.8 Å². The van der Waals surface area contributed by atoms with Crippen molar-refractivity contribution in [2.24, 2.45) is 0 Å². The Balaban J connectivity index is 2.62. The van der Waals surface area contributed by atoms with Crippen molar-refractivity contribution in [1.29, 1.82) is 0 Å². The number of hydrogen-bond donors (Lipinski definition) is 0. The monoisotopic (exact) mass is 328 g/mol. The van der Waals surface area contributed by atoms with Gasteiger partial charge in [0.15, 0.2) is 0 Å². The van der Waals surface area contributed by atoms with Gasteiger partial charge in [-0.15, -0.1) is 0 Å². The van der Waals surface area contributed by atoms with E-state index in [1.807, 2.05) is 36.4 Å². The third kappa shape index (κ3) is 3.54. The van der Waals surface area contributed by atoms with E-state index >= 15 is 0 Å². The summed E-state index contributed by atoms with van der Waals surface area (Å²) < 4.78 is 11.2. The first-order chi connectivity index (χ1) is 10.9. The quantitative estimate of drug-likeness (QED) is 0.625. The van der Waals surface area contributed by atoms with Crippen LogP contribution in [0.4, 0.5) is 0 Å². The van der Waals surface area contributed by atoms with Gasteiger partial charge in [-0.05, 0) is 15.4 Å². The van der Waals surface area contributed by atoms with E-state index < -0.39 is 8.32 Å². The molecule has 23 heavy (non-hydrogen) atoms. The van der Waals surface area contributed by atoms with E-state index in [0.29, 0.717) is 0 Å². The van der Waals surface area contributed by atoms with Crippen molar-refractivity contribution in [2.45, 2.75) is 25.8 Å². The second kappa shape index (κ2) is 7.11. The molecule has 0 bridgehead atoms. The van der Waals surface area contributed by atoms with Gasteiger partial charge in [0, 0.05) is 0 Å². The molecule has 2 aromatic rings. The zero-order valence-corrected chi connectivity index (χ0v) is 15.2. The van der Waals surface area contributed by atoms with Gasteiger partial charge in [0.1, 0.15) is 6.61 Å². The SMILES string of the molecule is COC(=O)CO[Si](c1ccccc1)(c1ccccc1)C(C)(C)C. The highest BCUT2D eigenvalue weighted by Crippen LogP contribution is 2.36. The van der Waals surface area contributed by atoms with E-state index in [0.717, 1.165) is 10.4 Å². The van der Waals surface area contributed by atoms with Crippen molar-refractivity contribution in [3.63, 3.8) is 0 Å². The fourth-order valence-electron chi connectivity index (χ4n) is 2.99. The van der Waals surface area contributed by atoms with Crippen molar-refractivity contribution in [3.05, 3.63) is 60.7 Å². The molecule has 0 fully saturated rings. The summed E-state index contributed by atoms with van der Waals surface area (Å²) in [7, 11) is -1.24. The molecule has 0 aliphatic heterocycles. The van der Waals surface area contributed by atoms with Crippen LogP contribution in [0.2, 0.25) is 5.04 Å². The van der Waals surface area contributed by atoms with Crippen LogP contribution in [0.25, 0.3) is 0 Å². The number of hydrogen-bond acceptors (Lipinski definition) is 3. The molecule has 122 valence electrons. The zero-order valence-electron chi connectivity index (χ0n) is 14.2. The summed E-state index contributed by atoms with van der Waals surface area (Å²) in [6.07, 6.45) is 0. The average Bonchev–Trinajstić information content (AvgIpc) is 2.56. The van der Waals surface area contributed by atoms with Gasteiger partial charge >= 0.3 is 5.97 Å². The molecule has 0 radical (unpaired) electrons. The van der Waals surface area contributed by atoms with Gasteiger partial charge in [0.25, 0.3) is 8.32 Å². The summed E-state index contributed by atoms with van der Waals surface area (Å²) in [6.45, 7) is 6.49. The van der Waals surface area contributed by atoms with E-state index in [-0.39, 0.29) is 17.6 Å². The smallest absolute Gasteiger partial charge is 0.330 e. The van der Waals surface area contributed by atoms with Crippen LogP contribution in [0, 0.1) is 0 Å². The number of benzene rings is 2. The summed E-state index contributed by atoms with van der Waals surface area (Å²) in [5.74, 6) is -0.349. The molecule has 4 heteroatoms. The van der Waals surface area contributed by atoms with Crippen LogP contribution in [-0.2, 0) is 14.0 Å². The number of ether oxygens (including phenoxy) is 1. The number of esters is 1. The lowest BCUT2D eigenvalue weighted by Gasteiger charge is -2.42. The van der Waals surface area contributed by atoms with Crippen LogP contribution in [0.5, 0.6) is 0 Å². The van der Waals surface area contributed by atoms with Crippen LogP contribution in [0.15, 0.2) is 60.7 Å². The van der Waals surface area contributed by atoms with E-state index in [2.05, 4.69) is 45.0 Å². The van der Waals surface area contributed by atoms with Gasteiger partial charge < -0.3 is 9.16 Å². The number of rotatable bonds is 5. The molecule has 0 saturated carbocycles. The average molecular weight is 328 g/mol. The van der Waals surface area contributed by atoms with Crippen molar-refractivity contribution in [1.82, 2.24) is 0 Å². The van der Waals surface area contributed by atoms with Crippen molar-refractivity contribution < 1.29 is 14.0 Å². The Labute approximate surface area is 139 Å². The number of methoxy groups -OCH3 is 1. The molecule has 0 amide bonds. The molecular weight excluding hydrogens is 304 g/mol. The fraction of sp³-hybridized carbons (Fsp3) is 0.316. The maximum absolute atomic E-state index is 11.7. The van der Waals surface area contributed by atoms with E-state index in [1.54, 1.807) is 0 Å². The molecule has 0 aliphatic carbocycles. The Morgan fingerprint density at radius 1 is 0.913 bits per heavy atom. The summed E-state index contributed by atoms with van der Waals surface area (Å²) in [5.41, 5.74) is 0. The maximum Gasteiger partial charge on any atom is 0.330 e. The van der Waals surface area contributed by atoms with Crippen LogP contribution in [-0.4, -0.2) is 28.0 Å². The lowest BCUT2D eigenvalue weighted by Crippen LogP contribution is -2.67. The van der Waals surface area contributed by atoms with Crippen molar-refractivity contribution in [2.75, 3.05) is 13.7 Å². The molecule has 0 saturated heterocycles. The highest BCUT2D eigenvalue weighted by atomic mass is 28.4. The molecule has 0 heterocycles. The molecule has 0 unspecified atom stereocenters. The third-order valence-corrected chi connectivity index (χ3v) is 9.03. The first-order valence-electron chi connectivity index (χ1n) is 7.73. The number of carbonyl (C=O) groups is 1. The molecule has 0 atom stereocenters. The first kappa shape index (κ1) is 17.4. The largest absolute Gasteiger partial charge is 0.467 e. The van der Waals surface area contributed by atoms with Crippen LogP contribution >= 0.6 is 0 Å². The van der Waals surface area contributed by atoms with Gasteiger partial charge in [0.2, 0.25) is 0 Å². The molecule has 3 nitrogen and oxygen atoms in total. The van der Waals surface area contributed by atoms with E-state index in [1.165, 1.54) is 7.11 Å². The Morgan fingerprint density at radius 2 is 1.35 bits per heavy atom. The molecule has 0 N–H and O–H groups in total. The second-order valence-electron chi connectivity index (χ2n) is 6.53. The molecule has 2 aromatic carbocycles. The van der Waals surface area contributed by atoms with Crippen molar-refractivity contribution in [3.8, 4) is 0 Å². The predicted molar refractivity (Wildman–Crippen MR) is 95.6 cm³/mol. The number of carbonyl (C=O) groups excluding carboxylic acids is 1. The Bertz CT molecular complexity index is 593. The van der Waals surface area contributed by atoms with Gasteiger partial charge in [-0.2, -0.15) is 0 Å². The summed E-state index contributed by atoms with van der Waals surface area (Å²) in [6, 6.07) is 20.5. The van der Waals surface area contributed by atoms with E-state index in [4.69, 9.17) is 9.16 Å². The molecule has 0 aliphatic rings. The second-order valence-corrected chi connectivity index (χ2v) is 10.8. The van der Waals surface area contributed by atoms with Crippen molar-refractivity contribution >= 4 is 24.7 Å². The minimum Gasteiger partial charge on any atom is -0.467 e. The lowest BCUT2D eigenvalue weighted by atomic mass is 10.2. The molecular formula is C19H24O3Si. The zero-order chi connectivity index (χ0) is 16.9. The van der Waals surface area contributed by atoms with Gasteiger partial charge in [0.05, 0.1) is 7.11 Å². The third-order valence-electron chi connectivity index (χ3n) is 4.05. The lowest BCUT2D eigenvalue weighted by molar-refractivity contribution is -0.143. The predicted octanol–water partition coefficient (Wildman–Crippen LogP) is 2.74. The first-order valence-corrected chi connectivity index (χ1v) is 9.64. The van der Waals surface area contributed by atoms with Crippen LogP contribution < -0.4 is 10.4 Å². The minimum atomic E-state index is -2.63. The molecule has 0 spiro atoms. The highest BCUT2D eigenvalue weighted by Gasteiger charge is 2.50. The molecule has 0 aromatic heterocycles. The summed E-state index contributed by atoms with van der Waals surface area (Å²) >= 11 is 0. The topological polar surface area (TPSA) is 35.5 Å². The Hall–Kier alpha value is -1.91. The fourth-order valence-corrected chi connectivity index (χ4v) is 7.48. The van der Waals surface area contributed by atoms with Gasteiger partial charge in [-0.25, -0.2) is 4.79 Å². The Kier molecular flexibility index (Phi) is 5.39. The van der Waals surface area contributed by atoms with Gasteiger partial charge in [-0.1, -0.05) is 81.4 Å². The highest BCUT2D eigenvalue weighted by molar-refractivity contribution is 6.99. The summed E-state index contributed by atoms with van der Waals surface area (Å²) in [5, 5.41) is 2.18. The van der Waals surface area contributed by atoms with E-state index in [9.17, 15) is 4.79 Å². The standard InChI is InChI=1S/C19H24O3Si/c1-19(2,3)23(22-15-18(20)21-4,16-11-7-5-8-12-16)17-13-9-6-10-14-17/h5-14H,15H2,1-4H3. The minimum absolute atomic E-state index is 0.0379. The Morgan fingerprint density at radius 3 is 1.70 bits per heavy atom. The van der Waals surface area contributed by atoms with Crippen LogP contribution in [0.3, 0.4) is 0 Å². The summed E-state index contributed by atoms with van der Waals surface area (Å²) in [4.78, 5) is 11.7. The normalized spacial score (nSPS) is 12.0. The maximum atomic E-state index is 11.7. The molecule has 2 rings (SSSR count). The van der Waals surface area contributed by atoms with Gasteiger partial charge in [-0.3, -0.25) is 0 Å².